The molecule has 0 saturated heterocycles. The molecule has 0 aliphatic rings. The smallest absolute Gasteiger partial charge is 0.347 e. The summed E-state index contributed by atoms with van der Waals surface area (Å²) in [6.07, 6.45) is 0.644. The third-order valence-corrected chi connectivity index (χ3v) is 4.95. The van der Waals surface area contributed by atoms with Gasteiger partial charge in [0, 0.05) is 9.85 Å². The molecule has 2 aromatic heterocycles. The zero-order valence-electron chi connectivity index (χ0n) is 8.36. The van der Waals surface area contributed by atoms with Crippen LogP contribution in [-0.4, -0.2) is 16.1 Å². The third kappa shape index (κ3) is 2.18. The molecule has 3 nitrogen and oxygen atoms in total. The minimum absolute atomic E-state index is 0.349. The Morgan fingerprint density at radius 3 is 2.81 bits per heavy atom. The van der Waals surface area contributed by atoms with Gasteiger partial charge in [-0.2, -0.15) is 0 Å². The summed E-state index contributed by atoms with van der Waals surface area (Å²) in [6, 6.07) is 1.95. The minimum atomic E-state index is -0.892. The molecule has 0 saturated carbocycles. The van der Waals surface area contributed by atoms with E-state index in [0.717, 1.165) is 14.4 Å². The van der Waals surface area contributed by atoms with Crippen LogP contribution in [-0.2, 0) is 6.42 Å². The predicted molar refractivity (Wildman–Crippen MR) is 69.5 cm³/mol. The monoisotopic (exact) mass is 317 g/mol. The number of thiazole rings is 1. The lowest BCUT2D eigenvalue weighted by Crippen LogP contribution is -1.97. The first-order chi connectivity index (χ1) is 7.61. The van der Waals surface area contributed by atoms with E-state index in [0.29, 0.717) is 17.0 Å². The molecular weight excluding hydrogens is 310 g/mol. The maximum atomic E-state index is 11.0. The van der Waals surface area contributed by atoms with Gasteiger partial charge < -0.3 is 5.11 Å². The summed E-state index contributed by atoms with van der Waals surface area (Å²) in [7, 11) is 0. The van der Waals surface area contributed by atoms with Crippen LogP contribution in [0.25, 0.3) is 9.88 Å². The van der Waals surface area contributed by atoms with Crippen molar-refractivity contribution >= 4 is 44.6 Å². The Balaban J connectivity index is 2.47. The summed E-state index contributed by atoms with van der Waals surface area (Å²) in [5, 5.41) is 11.8. The van der Waals surface area contributed by atoms with Gasteiger partial charge in [-0.15, -0.1) is 22.7 Å². The quantitative estimate of drug-likeness (QED) is 0.934. The molecule has 0 unspecified atom stereocenters. The molecule has 0 spiro atoms. The Morgan fingerprint density at radius 1 is 1.62 bits per heavy atom. The molecule has 6 heteroatoms. The highest BCUT2D eigenvalue weighted by Gasteiger charge is 2.17. The van der Waals surface area contributed by atoms with E-state index < -0.39 is 5.97 Å². The summed E-state index contributed by atoms with van der Waals surface area (Å²) < 4.78 is 0.998. The number of carbonyl (C=O) groups is 1. The summed E-state index contributed by atoms with van der Waals surface area (Å²) in [6.45, 7) is 1.91. The summed E-state index contributed by atoms with van der Waals surface area (Å²) in [4.78, 5) is 16.7. The minimum Gasteiger partial charge on any atom is -0.477 e. The van der Waals surface area contributed by atoms with Crippen molar-refractivity contribution < 1.29 is 9.90 Å². The first-order valence-corrected chi connectivity index (χ1v) is 7.08. The van der Waals surface area contributed by atoms with Gasteiger partial charge in [0.25, 0.3) is 0 Å². The van der Waals surface area contributed by atoms with E-state index in [1.165, 1.54) is 11.3 Å². The van der Waals surface area contributed by atoms with Gasteiger partial charge in [0.15, 0.2) is 0 Å². The molecule has 2 rings (SSSR count). The van der Waals surface area contributed by atoms with Crippen LogP contribution < -0.4 is 0 Å². The Labute approximate surface area is 109 Å². The first kappa shape index (κ1) is 11.8. The average molecular weight is 318 g/mol. The molecule has 84 valence electrons. The molecule has 16 heavy (non-hydrogen) atoms. The van der Waals surface area contributed by atoms with Crippen LogP contribution in [0.3, 0.4) is 0 Å². The number of aryl methyl sites for hydroxylation is 1. The normalized spacial score (nSPS) is 10.6. The summed E-state index contributed by atoms with van der Waals surface area (Å²) >= 11 is 6.16. The zero-order valence-corrected chi connectivity index (χ0v) is 11.6. The van der Waals surface area contributed by atoms with Gasteiger partial charge in [-0.1, -0.05) is 6.92 Å². The maximum Gasteiger partial charge on any atom is 0.347 e. The molecule has 1 N–H and O–H groups in total. The van der Waals surface area contributed by atoms with E-state index in [1.54, 1.807) is 11.3 Å². The number of aromatic carboxylic acids is 1. The topological polar surface area (TPSA) is 50.2 Å². The highest BCUT2D eigenvalue weighted by atomic mass is 79.9. The highest BCUT2D eigenvalue weighted by molar-refractivity contribution is 9.10. The lowest BCUT2D eigenvalue weighted by atomic mass is 10.3. The fourth-order valence-electron chi connectivity index (χ4n) is 1.29. The number of aromatic nitrogens is 1. The van der Waals surface area contributed by atoms with Crippen LogP contribution in [0.4, 0.5) is 0 Å². The zero-order chi connectivity index (χ0) is 11.7. The lowest BCUT2D eigenvalue weighted by Gasteiger charge is -1.89. The van der Waals surface area contributed by atoms with Gasteiger partial charge >= 0.3 is 5.97 Å². The van der Waals surface area contributed by atoms with Gasteiger partial charge in [-0.05, 0) is 28.4 Å². The van der Waals surface area contributed by atoms with Gasteiger partial charge in [0.2, 0.25) is 0 Å². The SMILES string of the molecule is CCc1nc(-c2cc(Br)cs2)sc1C(=O)O. The first-order valence-electron chi connectivity index (χ1n) is 4.59. The number of halogens is 1. The average Bonchev–Trinajstić information content (AvgIpc) is 2.82. The molecule has 0 aliphatic heterocycles. The molecule has 0 bridgehead atoms. The molecule has 2 heterocycles. The Kier molecular flexibility index (Phi) is 3.41. The van der Waals surface area contributed by atoms with Crippen molar-refractivity contribution in [1.29, 1.82) is 0 Å². The van der Waals surface area contributed by atoms with E-state index in [1.807, 2.05) is 18.4 Å². The molecule has 0 atom stereocenters. The maximum absolute atomic E-state index is 11.0. The standard InChI is InChI=1S/C10H8BrNO2S2/c1-2-6-8(10(13)14)16-9(12-6)7-3-5(11)4-15-7/h3-4H,2H2,1H3,(H,13,14). The second-order valence-corrected chi connectivity index (χ2v) is 5.91. The largest absolute Gasteiger partial charge is 0.477 e. The lowest BCUT2D eigenvalue weighted by molar-refractivity contribution is 0.0701. The van der Waals surface area contributed by atoms with Gasteiger partial charge in [-0.25, -0.2) is 9.78 Å². The Morgan fingerprint density at radius 2 is 2.38 bits per heavy atom. The van der Waals surface area contributed by atoms with Crippen molar-refractivity contribution in [3.8, 4) is 9.88 Å². The van der Waals surface area contributed by atoms with E-state index >= 15 is 0 Å². The molecule has 0 amide bonds. The number of nitrogens with zero attached hydrogens (tertiary/aromatic N) is 1. The second kappa shape index (κ2) is 4.65. The number of hydrogen-bond donors (Lipinski definition) is 1. The Hall–Kier alpha value is -0.720. The number of hydrogen-bond acceptors (Lipinski definition) is 4. The van der Waals surface area contributed by atoms with Crippen molar-refractivity contribution in [3.63, 3.8) is 0 Å². The molecule has 0 aliphatic carbocycles. The van der Waals surface area contributed by atoms with Crippen molar-refractivity contribution in [2.75, 3.05) is 0 Å². The molecule has 0 radical (unpaired) electrons. The fraction of sp³-hybridized carbons (Fsp3) is 0.200. The molecule has 0 fully saturated rings. The number of carboxylic acids is 1. The fourth-order valence-corrected chi connectivity index (χ4v) is 3.77. The van der Waals surface area contributed by atoms with Gasteiger partial charge in [0.05, 0.1) is 10.6 Å². The van der Waals surface area contributed by atoms with Crippen LogP contribution in [0.2, 0.25) is 0 Å². The second-order valence-electron chi connectivity index (χ2n) is 3.08. The van der Waals surface area contributed by atoms with Crippen LogP contribution >= 0.6 is 38.6 Å². The number of thiophene rings is 1. The predicted octanol–water partition coefficient (Wildman–Crippen LogP) is 3.89. The van der Waals surface area contributed by atoms with Crippen LogP contribution in [0.5, 0.6) is 0 Å². The van der Waals surface area contributed by atoms with Crippen molar-refractivity contribution in [3.05, 3.63) is 26.5 Å². The summed E-state index contributed by atoms with van der Waals surface area (Å²) in [5.41, 5.74) is 0.664. The van der Waals surface area contributed by atoms with E-state index in [2.05, 4.69) is 20.9 Å². The van der Waals surface area contributed by atoms with Crippen LogP contribution in [0.15, 0.2) is 15.9 Å². The van der Waals surface area contributed by atoms with Gasteiger partial charge in [-0.3, -0.25) is 0 Å². The van der Waals surface area contributed by atoms with Gasteiger partial charge in [0.1, 0.15) is 9.88 Å². The van der Waals surface area contributed by atoms with Crippen molar-refractivity contribution in [2.45, 2.75) is 13.3 Å². The molecular formula is C10H8BrNO2S2. The molecule has 0 aromatic carbocycles. The van der Waals surface area contributed by atoms with E-state index in [4.69, 9.17) is 5.11 Å². The van der Waals surface area contributed by atoms with Crippen LogP contribution in [0.1, 0.15) is 22.3 Å². The van der Waals surface area contributed by atoms with E-state index in [-0.39, 0.29) is 0 Å². The number of rotatable bonds is 3. The number of carboxylic acid groups (broad SMARTS) is 1. The van der Waals surface area contributed by atoms with Crippen molar-refractivity contribution in [1.82, 2.24) is 4.98 Å². The third-order valence-electron chi connectivity index (χ3n) is 2.00. The van der Waals surface area contributed by atoms with E-state index in [9.17, 15) is 4.79 Å². The Bertz CT molecular complexity index is 533. The molecule has 2 aromatic rings. The van der Waals surface area contributed by atoms with Crippen LogP contribution in [0, 0.1) is 0 Å². The van der Waals surface area contributed by atoms with Crippen molar-refractivity contribution in [2.24, 2.45) is 0 Å². The summed E-state index contributed by atoms with van der Waals surface area (Å²) in [5.74, 6) is -0.892. The highest BCUT2D eigenvalue weighted by Crippen LogP contribution is 2.34.